The Hall–Kier alpha value is -4.45. The number of carbonyl (C=O) groups is 2. The predicted octanol–water partition coefficient (Wildman–Crippen LogP) is 5.48. The molecule has 0 aliphatic heterocycles. The summed E-state index contributed by atoms with van der Waals surface area (Å²) in [5, 5.41) is 3.17. The smallest absolute Gasteiger partial charge is 0.265 e. The number of hydrogen-bond donors (Lipinski definition) is 1. The van der Waals surface area contributed by atoms with Crippen LogP contribution < -0.4 is 28.6 Å². The van der Waals surface area contributed by atoms with Crippen molar-refractivity contribution in [3.8, 4) is 23.0 Å². The van der Waals surface area contributed by atoms with Crippen molar-refractivity contribution in [2.45, 2.75) is 75.9 Å². The quantitative estimate of drug-likeness (QED) is 0.224. The lowest BCUT2D eigenvalue weighted by molar-refractivity contribution is -0.140. The number of aryl methyl sites for hydroxylation is 1. The Bertz CT molecular complexity index is 1660. The van der Waals surface area contributed by atoms with E-state index in [1.165, 1.54) is 57.6 Å². The zero-order valence-corrected chi connectivity index (χ0v) is 29.5. The molecule has 1 N–H and O–H groups in total. The number of methoxy groups -OCH3 is 4. The number of benzene rings is 3. The molecule has 1 fully saturated rings. The number of anilines is 1. The van der Waals surface area contributed by atoms with Crippen molar-refractivity contribution in [2.24, 2.45) is 0 Å². The number of hydrogen-bond acceptors (Lipinski definition) is 8. The lowest BCUT2D eigenvalue weighted by Crippen LogP contribution is -2.54. The third-order valence-electron chi connectivity index (χ3n) is 8.69. The molecule has 1 saturated carbocycles. The molecule has 12 heteroatoms. The van der Waals surface area contributed by atoms with Gasteiger partial charge in [0.2, 0.25) is 11.8 Å². The number of sulfonamides is 1. The van der Waals surface area contributed by atoms with Crippen LogP contribution in [0.1, 0.15) is 56.6 Å². The molecule has 4 rings (SSSR count). The Labute approximate surface area is 284 Å². The van der Waals surface area contributed by atoms with Crippen LogP contribution in [0.25, 0.3) is 0 Å². The fraction of sp³-hybridized carbons (Fsp3) is 0.444. The molecule has 0 unspecified atom stereocenters. The molecule has 0 heterocycles. The maximum absolute atomic E-state index is 14.6. The minimum Gasteiger partial charge on any atom is -0.497 e. The van der Waals surface area contributed by atoms with E-state index >= 15 is 0 Å². The molecule has 3 aromatic rings. The van der Waals surface area contributed by atoms with Crippen LogP contribution in [0.2, 0.25) is 0 Å². The van der Waals surface area contributed by atoms with E-state index < -0.39 is 28.5 Å². The zero-order chi connectivity index (χ0) is 34.8. The number of rotatable bonds is 15. The van der Waals surface area contributed by atoms with E-state index in [1.54, 1.807) is 12.1 Å². The van der Waals surface area contributed by atoms with Crippen LogP contribution in [0.5, 0.6) is 23.0 Å². The van der Waals surface area contributed by atoms with Crippen LogP contribution in [0, 0.1) is 6.92 Å². The fourth-order valence-corrected chi connectivity index (χ4v) is 7.40. The lowest BCUT2D eigenvalue weighted by atomic mass is 9.95. The van der Waals surface area contributed by atoms with Crippen LogP contribution in [0.15, 0.2) is 65.6 Å². The number of nitrogens with one attached hydrogen (secondary N) is 1. The largest absolute Gasteiger partial charge is 0.497 e. The summed E-state index contributed by atoms with van der Waals surface area (Å²) in [5.41, 5.74) is 1.96. The van der Waals surface area contributed by atoms with Gasteiger partial charge in [0, 0.05) is 24.7 Å². The summed E-state index contributed by atoms with van der Waals surface area (Å²) in [5.74, 6) is 0.305. The molecule has 0 spiro atoms. The summed E-state index contributed by atoms with van der Waals surface area (Å²) in [6.45, 7) is 3.30. The first-order valence-corrected chi connectivity index (χ1v) is 17.6. The van der Waals surface area contributed by atoms with Crippen LogP contribution in [-0.4, -0.2) is 72.2 Å². The number of ether oxygens (including phenoxy) is 4. The molecule has 1 atom stereocenters. The molecule has 2 amide bonds. The normalized spacial score (nSPS) is 14.0. The van der Waals surface area contributed by atoms with E-state index in [0.717, 1.165) is 47.5 Å². The van der Waals surface area contributed by atoms with E-state index in [2.05, 4.69) is 5.32 Å². The maximum atomic E-state index is 14.6. The maximum Gasteiger partial charge on any atom is 0.265 e. The van der Waals surface area contributed by atoms with Crippen molar-refractivity contribution in [1.29, 1.82) is 0 Å². The van der Waals surface area contributed by atoms with Gasteiger partial charge in [-0.15, -0.1) is 0 Å². The summed E-state index contributed by atoms with van der Waals surface area (Å²) in [7, 11) is 1.31. The highest BCUT2D eigenvalue weighted by atomic mass is 32.2. The van der Waals surface area contributed by atoms with E-state index in [9.17, 15) is 18.0 Å². The van der Waals surface area contributed by atoms with Gasteiger partial charge in [-0.3, -0.25) is 13.9 Å². The second-order valence-electron chi connectivity index (χ2n) is 11.8. The Balaban J connectivity index is 1.81. The third kappa shape index (κ3) is 8.52. The molecular formula is C36H47N3O8S. The molecule has 0 bridgehead atoms. The van der Waals surface area contributed by atoms with Gasteiger partial charge in [-0.2, -0.15) is 0 Å². The lowest BCUT2D eigenvalue weighted by Gasteiger charge is -2.34. The van der Waals surface area contributed by atoms with Crippen molar-refractivity contribution in [2.75, 3.05) is 39.3 Å². The van der Waals surface area contributed by atoms with Crippen molar-refractivity contribution < 1.29 is 37.0 Å². The average molecular weight is 682 g/mol. The first kappa shape index (κ1) is 36.4. The van der Waals surface area contributed by atoms with Crippen molar-refractivity contribution >= 4 is 27.5 Å². The summed E-state index contributed by atoms with van der Waals surface area (Å²) in [6.07, 6.45) is 5.33. The summed E-state index contributed by atoms with van der Waals surface area (Å²) < 4.78 is 51.8. The van der Waals surface area contributed by atoms with E-state index in [-0.39, 0.29) is 40.6 Å². The predicted molar refractivity (Wildman–Crippen MR) is 184 cm³/mol. The Morgan fingerprint density at radius 2 is 1.48 bits per heavy atom. The van der Waals surface area contributed by atoms with Gasteiger partial charge in [-0.05, 0) is 56.0 Å². The number of carbonyl (C=O) groups excluding carboxylic acids is 2. The van der Waals surface area contributed by atoms with Gasteiger partial charge in [-0.25, -0.2) is 8.42 Å². The number of amides is 2. The summed E-state index contributed by atoms with van der Waals surface area (Å²) >= 11 is 0. The average Bonchev–Trinajstić information content (AvgIpc) is 3.10. The van der Waals surface area contributed by atoms with Crippen LogP contribution in [-0.2, 0) is 26.2 Å². The van der Waals surface area contributed by atoms with Crippen molar-refractivity contribution in [3.63, 3.8) is 0 Å². The third-order valence-corrected chi connectivity index (χ3v) is 10.4. The van der Waals surface area contributed by atoms with Gasteiger partial charge in [0.25, 0.3) is 10.0 Å². The topological polar surface area (TPSA) is 124 Å². The Morgan fingerprint density at radius 3 is 2.08 bits per heavy atom. The minimum absolute atomic E-state index is 0.0413. The van der Waals surface area contributed by atoms with Crippen LogP contribution >= 0.6 is 0 Å². The molecule has 0 saturated heterocycles. The van der Waals surface area contributed by atoms with Crippen molar-refractivity contribution in [1.82, 2.24) is 10.2 Å². The van der Waals surface area contributed by atoms with E-state index in [1.807, 2.05) is 38.1 Å². The highest BCUT2D eigenvalue weighted by Crippen LogP contribution is 2.38. The Kier molecular flexibility index (Phi) is 12.6. The van der Waals surface area contributed by atoms with E-state index in [4.69, 9.17) is 18.9 Å². The highest BCUT2D eigenvalue weighted by molar-refractivity contribution is 7.92. The van der Waals surface area contributed by atoms with Gasteiger partial charge in [0.1, 0.15) is 24.1 Å². The molecular weight excluding hydrogens is 634 g/mol. The molecule has 1 aliphatic carbocycles. The van der Waals surface area contributed by atoms with Crippen LogP contribution in [0.3, 0.4) is 0 Å². The highest BCUT2D eigenvalue weighted by Gasteiger charge is 2.36. The standard InChI is InChI=1S/C36H47N3O8S/c1-7-30(36(41)37-27-11-9-8-10-12-27)38(23-26-15-13-25(2)14-16-26)35(40)24-39(31-21-28(44-3)17-19-32(31)45-4)48(42,43)29-18-20-33(46-5)34(22-29)47-6/h13-22,27,30H,7-12,23-24H2,1-6H3,(H,37,41)/t30-/m0/s1. The van der Waals surface area contributed by atoms with E-state index in [0.29, 0.717) is 17.9 Å². The SMILES string of the molecule is CC[C@@H](C(=O)NC1CCCCC1)N(Cc1ccc(C)cc1)C(=O)CN(c1cc(OC)ccc1OC)S(=O)(=O)c1ccc(OC)c(OC)c1. The van der Waals surface area contributed by atoms with Gasteiger partial charge in [0.05, 0.1) is 39.0 Å². The first-order chi connectivity index (χ1) is 23.1. The van der Waals surface area contributed by atoms with Gasteiger partial charge in [-0.1, -0.05) is 56.0 Å². The van der Waals surface area contributed by atoms with Crippen molar-refractivity contribution in [3.05, 3.63) is 71.8 Å². The molecule has 11 nitrogen and oxygen atoms in total. The zero-order valence-electron chi connectivity index (χ0n) is 28.7. The second-order valence-corrected chi connectivity index (χ2v) is 13.7. The molecule has 0 aromatic heterocycles. The second kappa shape index (κ2) is 16.6. The van der Waals surface area contributed by atoms with Crippen LogP contribution in [0.4, 0.5) is 5.69 Å². The van der Waals surface area contributed by atoms with Gasteiger partial charge >= 0.3 is 0 Å². The molecule has 3 aromatic carbocycles. The Morgan fingerprint density at radius 1 is 0.833 bits per heavy atom. The molecule has 1 aliphatic rings. The molecule has 260 valence electrons. The minimum atomic E-state index is -4.44. The monoisotopic (exact) mass is 681 g/mol. The number of nitrogens with zero attached hydrogens (tertiary/aromatic N) is 2. The summed E-state index contributed by atoms with van der Waals surface area (Å²) in [6, 6.07) is 15.8. The summed E-state index contributed by atoms with van der Waals surface area (Å²) in [4.78, 5) is 29.7. The van der Waals surface area contributed by atoms with Gasteiger partial charge in [0.15, 0.2) is 11.5 Å². The molecule has 48 heavy (non-hydrogen) atoms. The molecule has 0 radical (unpaired) electrons. The van der Waals surface area contributed by atoms with Gasteiger partial charge < -0.3 is 29.2 Å². The first-order valence-electron chi connectivity index (χ1n) is 16.2. The fourth-order valence-electron chi connectivity index (χ4n) is 5.96.